The number of para-hydroxylation sites is 1. The fraction of sp³-hybridized carbons (Fsp3) is 0.333. The van der Waals surface area contributed by atoms with Gasteiger partial charge >= 0.3 is 0 Å². The molecule has 0 aliphatic rings. The van der Waals surface area contributed by atoms with Crippen LogP contribution in [0.4, 0.5) is 5.69 Å². The quantitative estimate of drug-likeness (QED) is 0.247. The molecule has 0 atom stereocenters. The number of benzene rings is 2. The minimum atomic E-state index is -3.50. The zero-order valence-corrected chi connectivity index (χ0v) is 17.5. The summed E-state index contributed by atoms with van der Waals surface area (Å²) in [5.41, 5.74) is 0.997. The molecule has 2 aromatic carbocycles. The van der Waals surface area contributed by atoms with Gasteiger partial charge in [0, 0.05) is 17.5 Å². The Bertz CT molecular complexity index is 931. The predicted molar refractivity (Wildman–Crippen MR) is 107 cm³/mol. The van der Waals surface area contributed by atoms with E-state index >= 15 is 0 Å². The van der Waals surface area contributed by atoms with Crippen LogP contribution in [0.25, 0.3) is 0 Å². The highest BCUT2D eigenvalue weighted by Gasteiger charge is 2.16. The number of hydrogen-bond donors (Lipinski definition) is 0. The number of nitro groups is 1. The molecule has 28 heavy (non-hydrogen) atoms. The van der Waals surface area contributed by atoms with Gasteiger partial charge in [-0.3, -0.25) is 14.3 Å². The van der Waals surface area contributed by atoms with Crippen LogP contribution in [0.1, 0.15) is 5.56 Å². The first-order chi connectivity index (χ1) is 13.2. The Hall–Kier alpha value is -2.14. The van der Waals surface area contributed by atoms with E-state index in [2.05, 4.69) is 4.18 Å². The molecule has 10 heteroatoms. The Morgan fingerprint density at radius 1 is 1.11 bits per heavy atom. The summed E-state index contributed by atoms with van der Waals surface area (Å²) in [5, 5.41) is 11.3. The highest BCUT2D eigenvalue weighted by atomic mass is 32.2. The molecule has 0 saturated heterocycles. The van der Waals surface area contributed by atoms with Crippen molar-refractivity contribution in [3.63, 3.8) is 0 Å². The lowest BCUT2D eigenvalue weighted by Gasteiger charge is -2.16. The molecule has 0 heterocycles. The smallest absolute Gasteiger partial charge is 0.283 e. The lowest BCUT2D eigenvalue weighted by molar-refractivity contribution is -0.387. The Kier molecular flexibility index (Phi) is 7.81. The fourth-order valence-corrected chi connectivity index (χ4v) is 3.76. The Balaban J connectivity index is 2.19. The van der Waals surface area contributed by atoms with Crippen LogP contribution in [0, 0.1) is 10.1 Å². The molecular formula is C18H22N2O6S2. The summed E-state index contributed by atoms with van der Waals surface area (Å²) < 4.78 is 32.2. The molecule has 8 nitrogen and oxygen atoms in total. The first-order valence-corrected chi connectivity index (χ1v) is 10.9. The maximum atomic E-state index is 11.3. The Morgan fingerprint density at radius 2 is 1.82 bits per heavy atom. The van der Waals surface area contributed by atoms with E-state index in [1.54, 1.807) is 24.3 Å². The van der Waals surface area contributed by atoms with Crippen LogP contribution < -0.4 is 4.74 Å². The van der Waals surface area contributed by atoms with Gasteiger partial charge in [-0.05, 0) is 43.9 Å². The largest absolute Gasteiger partial charge is 0.491 e. The lowest BCUT2D eigenvalue weighted by Crippen LogP contribution is -2.13. The average Bonchev–Trinajstić information content (AvgIpc) is 2.60. The normalized spacial score (nSPS) is 11.6. The zero-order valence-electron chi connectivity index (χ0n) is 15.8. The van der Waals surface area contributed by atoms with E-state index in [9.17, 15) is 18.5 Å². The first kappa shape index (κ1) is 22.2. The van der Waals surface area contributed by atoms with Crippen molar-refractivity contribution < 1.29 is 22.3 Å². The van der Waals surface area contributed by atoms with Gasteiger partial charge in [-0.2, -0.15) is 8.42 Å². The summed E-state index contributed by atoms with van der Waals surface area (Å²) in [5.74, 6) is 0.570. The van der Waals surface area contributed by atoms with Crippen LogP contribution in [0.15, 0.2) is 52.3 Å². The molecule has 2 rings (SSSR count). The topological polar surface area (TPSA) is 99.0 Å². The molecule has 0 aromatic heterocycles. The second-order valence-corrected chi connectivity index (χ2v) is 8.94. The number of nitrogens with zero attached hydrogens (tertiary/aromatic N) is 2. The van der Waals surface area contributed by atoms with E-state index in [-0.39, 0.29) is 18.9 Å². The predicted octanol–water partition coefficient (Wildman–Crippen LogP) is 3.16. The van der Waals surface area contributed by atoms with E-state index in [0.29, 0.717) is 17.2 Å². The standard InChI is InChI=1S/C18H22N2O6S2/c1-19(2)13-14-12-15(25-10-11-26-28(3,23)24)8-9-17(14)27-18-7-5-4-6-16(18)20(21)22/h4-9,12H,10-11,13H2,1-3H3. The SMILES string of the molecule is CN(C)Cc1cc(OCCOS(C)(=O)=O)ccc1Sc1ccccc1[N+](=O)[O-]. The average molecular weight is 427 g/mol. The van der Waals surface area contributed by atoms with Gasteiger partial charge in [0.25, 0.3) is 15.8 Å². The van der Waals surface area contributed by atoms with Gasteiger partial charge in [-0.1, -0.05) is 23.9 Å². The molecule has 0 amide bonds. The van der Waals surface area contributed by atoms with Crippen molar-refractivity contribution in [2.45, 2.75) is 16.3 Å². The van der Waals surface area contributed by atoms with Crippen LogP contribution in [-0.4, -0.2) is 51.8 Å². The molecule has 0 unspecified atom stereocenters. The lowest BCUT2D eigenvalue weighted by atomic mass is 10.2. The second-order valence-electron chi connectivity index (χ2n) is 6.21. The molecule has 0 aliphatic carbocycles. The van der Waals surface area contributed by atoms with Gasteiger partial charge < -0.3 is 9.64 Å². The molecule has 0 N–H and O–H groups in total. The molecule has 2 aromatic rings. The number of hydrogen-bond acceptors (Lipinski definition) is 8. The maximum Gasteiger partial charge on any atom is 0.283 e. The van der Waals surface area contributed by atoms with Crippen molar-refractivity contribution in [2.75, 3.05) is 33.6 Å². The molecule has 0 spiro atoms. The number of nitro benzene ring substituents is 1. The molecule has 0 bridgehead atoms. The minimum Gasteiger partial charge on any atom is -0.491 e. The third-order valence-corrected chi connectivity index (χ3v) is 5.23. The van der Waals surface area contributed by atoms with Crippen molar-refractivity contribution in [1.82, 2.24) is 4.90 Å². The van der Waals surface area contributed by atoms with E-state index in [4.69, 9.17) is 4.74 Å². The maximum absolute atomic E-state index is 11.3. The molecule has 0 fully saturated rings. The fourth-order valence-electron chi connectivity index (χ4n) is 2.37. The molecular weight excluding hydrogens is 404 g/mol. The third-order valence-electron chi connectivity index (χ3n) is 3.45. The monoisotopic (exact) mass is 426 g/mol. The summed E-state index contributed by atoms with van der Waals surface area (Å²) in [7, 11) is 0.347. The highest BCUT2D eigenvalue weighted by Crippen LogP contribution is 2.37. The van der Waals surface area contributed by atoms with Gasteiger partial charge in [-0.15, -0.1) is 0 Å². The van der Waals surface area contributed by atoms with E-state index < -0.39 is 15.0 Å². The Morgan fingerprint density at radius 3 is 2.46 bits per heavy atom. The van der Waals surface area contributed by atoms with E-state index in [1.165, 1.54) is 17.8 Å². The van der Waals surface area contributed by atoms with E-state index in [1.807, 2.05) is 31.1 Å². The molecule has 0 aliphatic heterocycles. The van der Waals surface area contributed by atoms with Gasteiger partial charge in [0.2, 0.25) is 0 Å². The zero-order chi connectivity index (χ0) is 20.7. The molecule has 152 valence electrons. The van der Waals surface area contributed by atoms with Gasteiger partial charge in [0.05, 0.1) is 16.1 Å². The van der Waals surface area contributed by atoms with Gasteiger partial charge in [-0.25, -0.2) is 0 Å². The van der Waals surface area contributed by atoms with Crippen LogP contribution in [-0.2, 0) is 20.8 Å². The third kappa shape index (κ3) is 7.12. The summed E-state index contributed by atoms with van der Waals surface area (Å²) in [6.07, 6.45) is 0.983. The molecule has 0 saturated carbocycles. The van der Waals surface area contributed by atoms with Crippen molar-refractivity contribution in [3.05, 3.63) is 58.1 Å². The van der Waals surface area contributed by atoms with Gasteiger partial charge in [0.1, 0.15) is 19.0 Å². The van der Waals surface area contributed by atoms with Crippen molar-refractivity contribution >= 4 is 27.6 Å². The minimum absolute atomic E-state index is 0.0570. The molecule has 0 radical (unpaired) electrons. The van der Waals surface area contributed by atoms with Crippen LogP contribution in [0.3, 0.4) is 0 Å². The highest BCUT2D eigenvalue weighted by molar-refractivity contribution is 7.99. The van der Waals surface area contributed by atoms with Crippen LogP contribution in [0.5, 0.6) is 5.75 Å². The van der Waals surface area contributed by atoms with Crippen molar-refractivity contribution in [3.8, 4) is 5.75 Å². The van der Waals surface area contributed by atoms with Crippen LogP contribution in [0.2, 0.25) is 0 Å². The summed E-state index contributed by atoms with van der Waals surface area (Å²) in [4.78, 5) is 14.3. The first-order valence-electron chi connectivity index (χ1n) is 8.32. The summed E-state index contributed by atoms with van der Waals surface area (Å²) in [6, 6.07) is 12.0. The van der Waals surface area contributed by atoms with E-state index in [0.717, 1.165) is 16.7 Å². The number of rotatable bonds is 10. The summed E-state index contributed by atoms with van der Waals surface area (Å²) in [6.45, 7) is 0.625. The Labute approximate surface area is 168 Å². The summed E-state index contributed by atoms with van der Waals surface area (Å²) >= 11 is 1.32. The van der Waals surface area contributed by atoms with Gasteiger partial charge in [0.15, 0.2) is 0 Å². The van der Waals surface area contributed by atoms with Crippen molar-refractivity contribution in [2.24, 2.45) is 0 Å². The van der Waals surface area contributed by atoms with Crippen molar-refractivity contribution in [1.29, 1.82) is 0 Å². The number of ether oxygens (including phenoxy) is 1. The van der Waals surface area contributed by atoms with Crippen LogP contribution >= 0.6 is 11.8 Å². The second kappa shape index (κ2) is 9.87.